The van der Waals surface area contributed by atoms with Crippen molar-refractivity contribution in [3.05, 3.63) is 60.2 Å². The van der Waals surface area contributed by atoms with E-state index in [1.807, 2.05) is 24.3 Å². The molecule has 2 fully saturated rings. The van der Waals surface area contributed by atoms with Gasteiger partial charge in [-0.15, -0.1) is 0 Å². The van der Waals surface area contributed by atoms with Gasteiger partial charge in [-0.25, -0.2) is 22.8 Å². The number of nitrogens with zero attached hydrogens (tertiary/aromatic N) is 4. The first-order valence-corrected chi connectivity index (χ1v) is 11.2. The van der Waals surface area contributed by atoms with Gasteiger partial charge in [-0.05, 0) is 49.2 Å². The molecule has 2 aliphatic rings. The minimum atomic E-state index is -3.63. The molecular weight excluding hydrogens is 391 g/mol. The fourth-order valence-corrected chi connectivity index (χ4v) is 5.16. The molecule has 0 amide bonds. The zero-order valence-electron chi connectivity index (χ0n) is 15.8. The molecule has 6 nitrogen and oxygen atoms in total. The van der Waals surface area contributed by atoms with Crippen LogP contribution >= 0.6 is 0 Å². The molecule has 1 aliphatic carbocycles. The standard InChI is InChI=1S/C21H21FN4O2S/c22-16-7-9-17(10-8-16)29(27,28)26-13-11-25(12-14-26)21-18-3-1-2-4-19(18)23-20(24-21)15-5-6-15/h1-4,7-10,15H,5-6,11-14H2. The molecule has 5 rings (SSSR count). The van der Waals surface area contributed by atoms with E-state index in [0.29, 0.717) is 32.1 Å². The topological polar surface area (TPSA) is 66.4 Å². The number of fused-ring (bicyclic) bond motifs is 1. The molecule has 29 heavy (non-hydrogen) atoms. The largest absolute Gasteiger partial charge is 0.353 e. The fourth-order valence-electron chi connectivity index (χ4n) is 3.74. The van der Waals surface area contributed by atoms with Crippen molar-refractivity contribution in [2.75, 3.05) is 31.1 Å². The Labute approximate surface area is 169 Å². The lowest BCUT2D eigenvalue weighted by atomic mass is 10.2. The second kappa shape index (κ2) is 7.03. The third-order valence-electron chi connectivity index (χ3n) is 5.53. The highest BCUT2D eigenvalue weighted by Gasteiger charge is 2.31. The fraction of sp³-hybridized carbons (Fsp3) is 0.333. The van der Waals surface area contributed by atoms with E-state index in [1.165, 1.54) is 28.6 Å². The number of benzene rings is 2. The van der Waals surface area contributed by atoms with Crippen molar-refractivity contribution in [3.63, 3.8) is 0 Å². The molecule has 2 heterocycles. The van der Waals surface area contributed by atoms with Gasteiger partial charge in [0.15, 0.2) is 0 Å². The Hall–Kier alpha value is -2.58. The molecule has 0 bridgehead atoms. The lowest BCUT2D eigenvalue weighted by molar-refractivity contribution is 0.384. The van der Waals surface area contributed by atoms with E-state index in [4.69, 9.17) is 9.97 Å². The predicted molar refractivity (Wildman–Crippen MR) is 109 cm³/mol. The average Bonchev–Trinajstić information content (AvgIpc) is 3.59. The zero-order chi connectivity index (χ0) is 20.0. The first-order chi connectivity index (χ1) is 14.0. The molecule has 150 valence electrons. The minimum absolute atomic E-state index is 0.121. The number of hydrogen-bond acceptors (Lipinski definition) is 5. The van der Waals surface area contributed by atoms with Gasteiger partial charge in [0, 0.05) is 37.5 Å². The molecule has 8 heteroatoms. The van der Waals surface area contributed by atoms with Crippen molar-refractivity contribution in [1.82, 2.24) is 14.3 Å². The molecule has 0 N–H and O–H groups in total. The Morgan fingerprint density at radius 2 is 1.59 bits per heavy atom. The predicted octanol–water partition coefficient (Wildman–Crippen LogP) is 3.16. The van der Waals surface area contributed by atoms with E-state index in [-0.39, 0.29) is 4.90 Å². The molecule has 0 unspecified atom stereocenters. The summed E-state index contributed by atoms with van der Waals surface area (Å²) in [6, 6.07) is 13.0. The molecule has 1 saturated heterocycles. The summed E-state index contributed by atoms with van der Waals surface area (Å²) in [4.78, 5) is 11.8. The first-order valence-electron chi connectivity index (χ1n) is 9.80. The van der Waals surface area contributed by atoms with Crippen LogP contribution in [0, 0.1) is 5.82 Å². The molecule has 0 spiro atoms. The van der Waals surface area contributed by atoms with Crippen LogP contribution in [0.3, 0.4) is 0 Å². The van der Waals surface area contributed by atoms with Gasteiger partial charge in [0.25, 0.3) is 0 Å². The van der Waals surface area contributed by atoms with Crippen LogP contribution in [-0.2, 0) is 10.0 Å². The van der Waals surface area contributed by atoms with Gasteiger partial charge in [0.1, 0.15) is 17.5 Å². The third-order valence-corrected chi connectivity index (χ3v) is 7.45. The summed E-state index contributed by atoms with van der Waals surface area (Å²) >= 11 is 0. The Kier molecular flexibility index (Phi) is 4.48. The van der Waals surface area contributed by atoms with E-state index >= 15 is 0 Å². The van der Waals surface area contributed by atoms with E-state index in [2.05, 4.69) is 4.90 Å². The van der Waals surface area contributed by atoms with Crippen molar-refractivity contribution in [2.45, 2.75) is 23.7 Å². The summed E-state index contributed by atoms with van der Waals surface area (Å²) in [7, 11) is -3.63. The zero-order valence-corrected chi connectivity index (χ0v) is 16.6. The lowest BCUT2D eigenvalue weighted by Gasteiger charge is -2.35. The number of sulfonamides is 1. The van der Waals surface area contributed by atoms with Gasteiger partial charge in [0.05, 0.1) is 10.4 Å². The van der Waals surface area contributed by atoms with Crippen molar-refractivity contribution in [3.8, 4) is 0 Å². The Balaban J connectivity index is 1.40. The molecule has 1 aliphatic heterocycles. The van der Waals surface area contributed by atoms with E-state index in [0.717, 1.165) is 35.4 Å². The third kappa shape index (κ3) is 3.47. The van der Waals surface area contributed by atoms with Crippen LogP contribution in [0.1, 0.15) is 24.6 Å². The van der Waals surface area contributed by atoms with E-state index in [9.17, 15) is 12.8 Å². The second-order valence-electron chi connectivity index (χ2n) is 7.54. The Bertz CT molecular complexity index is 1160. The van der Waals surface area contributed by atoms with Crippen molar-refractivity contribution in [2.24, 2.45) is 0 Å². The van der Waals surface area contributed by atoms with Gasteiger partial charge in [0.2, 0.25) is 10.0 Å². The molecule has 0 radical (unpaired) electrons. The van der Waals surface area contributed by atoms with Crippen molar-refractivity contribution >= 4 is 26.7 Å². The number of hydrogen-bond donors (Lipinski definition) is 0. The second-order valence-corrected chi connectivity index (χ2v) is 9.48. The van der Waals surface area contributed by atoms with E-state index < -0.39 is 15.8 Å². The van der Waals surface area contributed by atoms with Gasteiger partial charge in [-0.1, -0.05) is 12.1 Å². The number of halogens is 1. The van der Waals surface area contributed by atoms with Crippen molar-refractivity contribution in [1.29, 1.82) is 0 Å². The number of rotatable bonds is 4. The van der Waals surface area contributed by atoms with Gasteiger partial charge in [-0.2, -0.15) is 4.31 Å². The minimum Gasteiger partial charge on any atom is -0.353 e. The Morgan fingerprint density at radius 3 is 2.28 bits per heavy atom. The highest BCUT2D eigenvalue weighted by atomic mass is 32.2. The van der Waals surface area contributed by atoms with Crippen LogP contribution in [0.4, 0.5) is 10.2 Å². The molecule has 2 aromatic carbocycles. The van der Waals surface area contributed by atoms with Gasteiger partial charge in [-0.3, -0.25) is 0 Å². The smallest absolute Gasteiger partial charge is 0.243 e. The van der Waals surface area contributed by atoms with Crippen LogP contribution in [0.5, 0.6) is 0 Å². The molecule has 1 saturated carbocycles. The van der Waals surface area contributed by atoms with Crippen LogP contribution in [-0.4, -0.2) is 48.9 Å². The highest BCUT2D eigenvalue weighted by Crippen LogP contribution is 2.40. The van der Waals surface area contributed by atoms with Gasteiger partial charge >= 0.3 is 0 Å². The molecule has 3 aromatic rings. The number of anilines is 1. The number of piperazine rings is 1. The maximum Gasteiger partial charge on any atom is 0.243 e. The van der Waals surface area contributed by atoms with Crippen LogP contribution < -0.4 is 4.90 Å². The normalized spacial score (nSPS) is 18.3. The summed E-state index contributed by atoms with van der Waals surface area (Å²) in [6.07, 6.45) is 2.25. The van der Waals surface area contributed by atoms with E-state index in [1.54, 1.807) is 0 Å². The molecule has 0 atom stereocenters. The van der Waals surface area contributed by atoms with Crippen LogP contribution in [0.2, 0.25) is 0 Å². The van der Waals surface area contributed by atoms with Crippen LogP contribution in [0.15, 0.2) is 53.4 Å². The summed E-state index contributed by atoms with van der Waals surface area (Å²) in [5.74, 6) is 1.77. The summed E-state index contributed by atoms with van der Waals surface area (Å²) < 4.78 is 40.3. The van der Waals surface area contributed by atoms with Gasteiger partial charge < -0.3 is 4.90 Å². The highest BCUT2D eigenvalue weighted by molar-refractivity contribution is 7.89. The molecular formula is C21H21FN4O2S. The van der Waals surface area contributed by atoms with Crippen LogP contribution in [0.25, 0.3) is 10.9 Å². The van der Waals surface area contributed by atoms with Crippen molar-refractivity contribution < 1.29 is 12.8 Å². The first kappa shape index (κ1) is 18.4. The summed E-state index contributed by atoms with van der Waals surface area (Å²) in [6.45, 7) is 1.81. The maximum absolute atomic E-state index is 13.2. The molecule has 1 aromatic heterocycles. The SMILES string of the molecule is O=S(=O)(c1ccc(F)cc1)N1CCN(c2nc(C3CC3)nc3ccccc23)CC1. The quantitative estimate of drug-likeness (QED) is 0.659. The summed E-state index contributed by atoms with van der Waals surface area (Å²) in [5, 5.41) is 0.992. The number of para-hydroxylation sites is 1. The number of aromatic nitrogens is 2. The maximum atomic E-state index is 13.2. The Morgan fingerprint density at radius 1 is 0.897 bits per heavy atom. The lowest BCUT2D eigenvalue weighted by Crippen LogP contribution is -2.49. The average molecular weight is 412 g/mol. The monoisotopic (exact) mass is 412 g/mol. The summed E-state index contributed by atoms with van der Waals surface area (Å²) in [5.41, 5.74) is 0.931.